The number of hydrogen-bond acceptors (Lipinski definition) is 1. The summed E-state index contributed by atoms with van der Waals surface area (Å²) in [6.45, 7) is 4.60. The Bertz CT molecular complexity index is 68.5. The minimum absolute atomic E-state index is 0.744. The van der Waals surface area contributed by atoms with Gasteiger partial charge in [-0.1, -0.05) is 15.9 Å². The Balaban J connectivity index is 3.17. The first-order valence-corrected chi connectivity index (χ1v) is 3.12. The van der Waals surface area contributed by atoms with E-state index in [-0.39, 0.29) is 0 Å². The highest BCUT2D eigenvalue weighted by atomic mass is 79.9. The van der Waals surface area contributed by atoms with Crippen LogP contribution in [0.3, 0.4) is 0 Å². The van der Waals surface area contributed by atoms with Crippen LogP contribution >= 0.6 is 15.9 Å². The number of hydrogen-bond donors (Lipinski definition) is 0. The van der Waals surface area contributed by atoms with E-state index >= 15 is 0 Å². The monoisotopic (exact) mass is 164 g/mol. The molecule has 2 heteroatoms. The van der Waals surface area contributed by atoms with Gasteiger partial charge in [-0.15, -0.1) is 0 Å². The number of rotatable bonds is 2. The number of ether oxygens (including phenoxy) is 1. The largest absolute Gasteiger partial charge is 0.498 e. The highest BCUT2D eigenvalue weighted by Crippen LogP contribution is 1.97. The van der Waals surface area contributed by atoms with Crippen molar-refractivity contribution >= 4 is 15.9 Å². The predicted octanol–water partition coefficient (Wildman–Crippen LogP) is 2.28. The first-order chi connectivity index (χ1) is 3.31. The maximum atomic E-state index is 5.01. The standard InChI is InChI=1S/C5H9BrO/c1-3-7-5(2)4-6/h4H,3H2,1-2H3. The quantitative estimate of drug-likeness (QED) is 0.570. The van der Waals surface area contributed by atoms with Gasteiger partial charge in [-0.05, 0) is 13.8 Å². The molecule has 0 aliphatic heterocycles. The van der Waals surface area contributed by atoms with Gasteiger partial charge in [0.15, 0.2) is 0 Å². The van der Waals surface area contributed by atoms with Crippen LogP contribution in [0.1, 0.15) is 13.8 Å². The molecule has 0 heterocycles. The summed E-state index contributed by atoms with van der Waals surface area (Å²) in [4.78, 5) is 1.76. The predicted molar refractivity (Wildman–Crippen MR) is 34.3 cm³/mol. The fourth-order valence-electron chi connectivity index (χ4n) is 0.259. The molecule has 0 rings (SSSR count). The van der Waals surface area contributed by atoms with Gasteiger partial charge in [0.25, 0.3) is 0 Å². The molecule has 1 nitrogen and oxygen atoms in total. The van der Waals surface area contributed by atoms with Crippen LogP contribution in [0, 0.1) is 0 Å². The van der Waals surface area contributed by atoms with Gasteiger partial charge in [0, 0.05) is 4.99 Å². The van der Waals surface area contributed by atoms with Crippen LogP contribution < -0.4 is 0 Å². The summed E-state index contributed by atoms with van der Waals surface area (Å²) >= 11 is 3.13. The number of allylic oxidation sites excluding steroid dienone is 1. The van der Waals surface area contributed by atoms with E-state index in [0.717, 1.165) is 12.4 Å². The van der Waals surface area contributed by atoms with E-state index in [4.69, 9.17) is 4.74 Å². The lowest BCUT2D eigenvalue weighted by molar-refractivity contribution is 0.232. The average molecular weight is 165 g/mol. The van der Waals surface area contributed by atoms with Crippen LogP contribution in [0.15, 0.2) is 10.7 Å². The van der Waals surface area contributed by atoms with E-state index in [0.29, 0.717) is 0 Å². The molecule has 0 N–H and O–H groups in total. The minimum atomic E-state index is 0.744. The van der Waals surface area contributed by atoms with E-state index in [1.54, 1.807) is 4.99 Å². The van der Waals surface area contributed by atoms with Crippen molar-refractivity contribution in [2.75, 3.05) is 6.61 Å². The van der Waals surface area contributed by atoms with Crippen molar-refractivity contribution in [3.05, 3.63) is 10.7 Å². The third-order valence-corrected chi connectivity index (χ3v) is 1.17. The van der Waals surface area contributed by atoms with E-state index in [9.17, 15) is 0 Å². The highest BCUT2D eigenvalue weighted by molar-refractivity contribution is 9.11. The summed E-state index contributed by atoms with van der Waals surface area (Å²) in [7, 11) is 0. The van der Waals surface area contributed by atoms with Gasteiger partial charge in [-0.2, -0.15) is 0 Å². The Labute approximate surface area is 52.5 Å². The second-order valence-electron chi connectivity index (χ2n) is 1.15. The molecule has 0 spiro atoms. The minimum Gasteiger partial charge on any atom is -0.498 e. The molecule has 0 amide bonds. The first-order valence-electron chi connectivity index (χ1n) is 2.21. The van der Waals surface area contributed by atoms with Gasteiger partial charge >= 0.3 is 0 Å². The molecule has 0 radical (unpaired) electrons. The van der Waals surface area contributed by atoms with Crippen molar-refractivity contribution in [3.63, 3.8) is 0 Å². The van der Waals surface area contributed by atoms with E-state index < -0.39 is 0 Å². The molecular formula is C5H9BrO. The lowest BCUT2D eigenvalue weighted by atomic mass is 10.6. The smallest absolute Gasteiger partial charge is 0.0997 e. The second kappa shape index (κ2) is 4.19. The van der Waals surface area contributed by atoms with Gasteiger partial charge in [0.1, 0.15) is 0 Å². The zero-order valence-electron chi connectivity index (χ0n) is 4.57. The molecule has 0 bridgehead atoms. The van der Waals surface area contributed by atoms with Crippen LogP contribution in [0.2, 0.25) is 0 Å². The molecule has 0 aliphatic rings. The Morgan fingerprint density at radius 2 is 2.43 bits per heavy atom. The molecule has 0 unspecified atom stereocenters. The fourth-order valence-corrected chi connectivity index (χ4v) is 0.391. The van der Waals surface area contributed by atoms with E-state index in [1.807, 2.05) is 13.8 Å². The summed E-state index contributed by atoms with van der Waals surface area (Å²) in [6.07, 6.45) is 0. The van der Waals surface area contributed by atoms with Gasteiger partial charge in [-0.3, -0.25) is 0 Å². The SMILES string of the molecule is CCOC(C)=CBr. The average Bonchev–Trinajstić information content (AvgIpc) is 1.68. The molecule has 0 saturated carbocycles. The van der Waals surface area contributed by atoms with Gasteiger partial charge in [-0.25, -0.2) is 0 Å². The molecule has 0 aromatic rings. The lowest BCUT2D eigenvalue weighted by Gasteiger charge is -1.97. The molecule has 0 aromatic carbocycles. The van der Waals surface area contributed by atoms with Crippen molar-refractivity contribution in [3.8, 4) is 0 Å². The van der Waals surface area contributed by atoms with Crippen LogP contribution in [-0.4, -0.2) is 6.61 Å². The molecule has 7 heavy (non-hydrogen) atoms. The van der Waals surface area contributed by atoms with Crippen molar-refractivity contribution in [2.24, 2.45) is 0 Å². The van der Waals surface area contributed by atoms with Crippen molar-refractivity contribution in [1.29, 1.82) is 0 Å². The number of halogens is 1. The zero-order valence-corrected chi connectivity index (χ0v) is 6.16. The Morgan fingerprint density at radius 3 is 2.57 bits per heavy atom. The Hall–Kier alpha value is 0.0200. The fraction of sp³-hybridized carbons (Fsp3) is 0.600. The molecule has 0 atom stereocenters. The van der Waals surface area contributed by atoms with Crippen LogP contribution in [-0.2, 0) is 4.74 Å². The van der Waals surface area contributed by atoms with Crippen LogP contribution in [0.25, 0.3) is 0 Å². The summed E-state index contributed by atoms with van der Waals surface area (Å²) < 4.78 is 5.01. The zero-order chi connectivity index (χ0) is 5.70. The van der Waals surface area contributed by atoms with Crippen LogP contribution in [0.4, 0.5) is 0 Å². The third-order valence-electron chi connectivity index (χ3n) is 0.526. The Kier molecular flexibility index (Phi) is 4.20. The van der Waals surface area contributed by atoms with E-state index in [1.165, 1.54) is 0 Å². The second-order valence-corrected chi connectivity index (χ2v) is 1.61. The third kappa shape index (κ3) is 3.86. The maximum Gasteiger partial charge on any atom is 0.0997 e. The van der Waals surface area contributed by atoms with Crippen molar-refractivity contribution in [1.82, 2.24) is 0 Å². The Morgan fingerprint density at radius 1 is 1.86 bits per heavy atom. The molecule has 0 aromatic heterocycles. The summed E-state index contributed by atoms with van der Waals surface area (Å²) in [6, 6.07) is 0. The molecule has 0 aliphatic carbocycles. The summed E-state index contributed by atoms with van der Waals surface area (Å²) in [5.41, 5.74) is 0. The van der Waals surface area contributed by atoms with Crippen molar-refractivity contribution < 1.29 is 4.74 Å². The first kappa shape index (κ1) is 7.02. The van der Waals surface area contributed by atoms with E-state index in [2.05, 4.69) is 15.9 Å². The van der Waals surface area contributed by atoms with Gasteiger partial charge in [0.05, 0.1) is 12.4 Å². The molecule has 0 fully saturated rings. The molecule has 42 valence electrons. The van der Waals surface area contributed by atoms with Gasteiger partial charge < -0.3 is 4.74 Å². The van der Waals surface area contributed by atoms with Crippen LogP contribution in [0.5, 0.6) is 0 Å². The summed E-state index contributed by atoms with van der Waals surface area (Å²) in [5.74, 6) is 0.919. The summed E-state index contributed by atoms with van der Waals surface area (Å²) in [5, 5.41) is 0. The normalized spacial score (nSPS) is 11.6. The van der Waals surface area contributed by atoms with Gasteiger partial charge in [0.2, 0.25) is 0 Å². The maximum absolute atomic E-state index is 5.01. The van der Waals surface area contributed by atoms with Crippen molar-refractivity contribution in [2.45, 2.75) is 13.8 Å². The molecule has 0 saturated heterocycles. The molecular weight excluding hydrogens is 156 g/mol. The highest BCUT2D eigenvalue weighted by Gasteiger charge is 1.78. The topological polar surface area (TPSA) is 9.23 Å². The lowest BCUT2D eigenvalue weighted by Crippen LogP contribution is -1.82.